The van der Waals surface area contributed by atoms with Crippen LogP contribution in [0.25, 0.3) is 0 Å². The monoisotopic (exact) mass is 285 g/mol. The van der Waals surface area contributed by atoms with Gasteiger partial charge < -0.3 is 0 Å². The van der Waals surface area contributed by atoms with Crippen LogP contribution in [0, 0.1) is 6.92 Å². The molecule has 4 heteroatoms. The fraction of sp³-hybridized carbons (Fsp3) is 0.250. The molecule has 0 spiro atoms. The van der Waals surface area contributed by atoms with Crippen molar-refractivity contribution < 1.29 is 9.59 Å². The Morgan fingerprint density at radius 3 is 2.55 bits per heavy atom. The molecule has 0 aliphatic carbocycles. The molecule has 1 aliphatic rings. The van der Waals surface area contributed by atoms with E-state index in [9.17, 15) is 9.59 Å². The quantitative estimate of drug-likeness (QED) is 0.862. The predicted octanol–water partition coefficient (Wildman–Crippen LogP) is 2.97. The summed E-state index contributed by atoms with van der Waals surface area (Å²) in [6, 6.07) is 11.7. The van der Waals surface area contributed by atoms with Crippen molar-refractivity contribution in [3.63, 3.8) is 0 Å². The fourth-order valence-corrected chi connectivity index (χ4v) is 3.89. The molecule has 0 bridgehead atoms. The third-order valence-corrected chi connectivity index (χ3v) is 4.90. The molecule has 2 aromatic rings. The third kappa shape index (κ3) is 2.27. The van der Waals surface area contributed by atoms with E-state index in [4.69, 9.17) is 0 Å². The van der Waals surface area contributed by atoms with Gasteiger partial charge in [0.1, 0.15) is 0 Å². The van der Waals surface area contributed by atoms with Crippen LogP contribution in [-0.4, -0.2) is 11.8 Å². The number of nitrogens with one attached hydrogen (secondary N) is 1. The van der Waals surface area contributed by atoms with Gasteiger partial charge in [0, 0.05) is 17.2 Å². The van der Waals surface area contributed by atoms with E-state index in [-0.39, 0.29) is 23.7 Å². The van der Waals surface area contributed by atoms with Crippen LogP contribution in [-0.2, 0) is 9.59 Å². The van der Waals surface area contributed by atoms with Crippen LogP contribution in [0.3, 0.4) is 0 Å². The minimum absolute atomic E-state index is 0.0568. The minimum Gasteiger partial charge on any atom is -0.296 e. The van der Waals surface area contributed by atoms with Gasteiger partial charge in [0.15, 0.2) is 0 Å². The number of aryl methyl sites for hydroxylation is 1. The van der Waals surface area contributed by atoms with Crippen molar-refractivity contribution in [2.24, 2.45) is 0 Å². The molecule has 1 N–H and O–H groups in total. The van der Waals surface area contributed by atoms with Gasteiger partial charge >= 0.3 is 0 Å². The van der Waals surface area contributed by atoms with E-state index in [2.05, 4.69) is 5.32 Å². The molecule has 0 radical (unpaired) electrons. The molecule has 2 unspecified atom stereocenters. The number of piperidine rings is 1. The molecular weight excluding hydrogens is 270 g/mol. The van der Waals surface area contributed by atoms with Gasteiger partial charge in [-0.05, 0) is 29.5 Å². The second-order valence-corrected chi connectivity index (χ2v) is 6.03. The van der Waals surface area contributed by atoms with Crippen molar-refractivity contribution in [3.8, 4) is 0 Å². The van der Waals surface area contributed by atoms with Crippen LogP contribution in [0.15, 0.2) is 41.8 Å². The SMILES string of the molecule is Cc1ccsc1C1CC(=O)NC(=O)C1c1ccccc1. The van der Waals surface area contributed by atoms with Crippen LogP contribution in [0.2, 0.25) is 0 Å². The van der Waals surface area contributed by atoms with E-state index in [1.54, 1.807) is 11.3 Å². The van der Waals surface area contributed by atoms with E-state index in [0.29, 0.717) is 6.42 Å². The standard InChI is InChI=1S/C16H15NO2S/c1-10-7-8-20-15(10)12-9-13(18)17-16(19)14(12)11-5-3-2-4-6-11/h2-8,12,14H,9H2,1H3,(H,17,18,19). The highest BCUT2D eigenvalue weighted by molar-refractivity contribution is 7.10. The first kappa shape index (κ1) is 13.1. The van der Waals surface area contributed by atoms with Gasteiger partial charge in [0.25, 0.3) is 0 Å². The van der Waals surface area contributed by atoms with Gasteiger partial charge in [-0.2, -0.15) is 0 Å². The van der Waals surface area contributed by atoms with Crippen molar-refractivity contribution in [1.29, 1.82) is 0 Å². The Bertz CT molecular complexity index is 648. The molecule has 2 atom stereocenters. The summed E-state index contributed by atoms with van der Waals surface area (Å²) in [6.07, 6.45) is 0.368. The van der Waals surface area contributed by atoms with Crippen LogP contribution in [0.5, 0.6) is 0 Å². The van der Waals surface area contributed by atoms with Gasteiger partial charge in [-0.3, -0.25) is 14.9 Å². The number of amides is 2. The van der Waals surface area contributed by atoms with E-state index >= 15 is 0 Å². The zero-order chi connectivity index (χ0) is 14.1. The van der Waals surface area contributed by atoms with Crippen molar-refractivity contribution >= 4 is 23.2 Å². The molecular formula is C16H15NO2S. The van der Waals surface area contributed by atoms with Gasteiger partial charge in [-0.1, -0.05) is 30.3 Å². The summed E-state index contributed by atoms with van der Waals surface area (Å²) < 4.78 is 0. The Hall–Kier alpha value is -1.94. The zero-order valence-electron chi connectivity index (χ0n) is 11.1. The largest absolute Gasteiger partial charge is 0.296 e. The van der Waals surface area contributed by atoms with Gasteiger partial charge in [0.05, 0.1) is 5.92 Å². The maximum absolute atomic E-state index is 12.3. The number of thiophene rings is 1. The summed E-state index contributed by atoms with van der Waals surface area (Å²) in [5.74, 6) is -0.713. The Labute approximate surface area is 121 Å². The van der Waals surface area contributed by atoms with E-state index < -0.39 is 0 Å². The second kappa shape index (κ2) is 5.21. The van der Waals surface area contributed by atoms with Crippen molar-refractivity contribution in [2.45, 2.75) is 25.2 Å². The maximum Gasteiger partial charge on any atom is 0.234 e. The average molecular weight is 285 g/mol. The molecule has 0 saturated carbocycles. The topological polar surface area (TPSA) is 46.2 Å². The first-order chi connectivity index (χ1) is 9.66. The molecule has 3 nitrogen and oxygen atoms in total. The highest BCUT2D eigenvalue weighted by atomic mass is 32.1. The lowest BCUT2D eigenvalue weighted by Crippen LogP contribution is -2.43. The molecule has 1 aromatic heterocycles. The van der Waals surface area contributed by atoms with Crippen LogP contribution < -0.4 is 5.32 Å². The lowest BCUT2D eigenvalue weighted by atomic mass is 9.79. The number of hydrogen-bond acceptors (Lipinski definition) is 3. The second-order valence-electron chi connectivity index (χ2n) is 5.08. The summed E-state index contributed by atoms with van der Waals surface area (Å²) in [5, 5.41) is 4.48. The average Bonchev–Trinajstić information content (AvgIpc) is 2.85. The van der Waals surface area contributed by atoms with E-state index in [1.165, 1.54) is 0 Å². The molecule has 2 amide bonds. The summed E-state index contributed by atoms with van der Waals surface area (Å²) in [5.41, 5.74) is 2.12. The summed E-state index contributed by atoms with van der Waals surface area (Å²) in [4.78, 5) is 25.2. The maximum atomic E-state index is 12.3. The number of benzene rings is 1. The van der Waals surface area contributed by atoms with Crippen LogP contribution in [0.1, 0.15) is 34.3 Å². The van der Waals surface area contributed by atoms with Crippen molar-refractivity contribution in [3.05, 3.63) is 57.8 Å². The van der Waals surface area contributed by atoms with Crippen molar-refractivity contribution in [1.82, 2.24) is 5.32 Å². The predicted molar refractivity (Wildman–Crippen MR) is 78.7 cm³/mol. The molecule has 1 saturated heterocycles. The molecule has 1 aromatic carbocycles. The first-order valence-electron chi connectivity index (χ1n) is 6.59. The molecule has 2 heterocycles. The van der Waals surface area contributed by atoms with E-state index in [0.717, 1.165) is 16.0 Å². The number of carbonyl (C=O) groups is 2. The molecule has 20 heavy (non-hydrogen) atoms. The lowest BCUT2D eigenvalue weighted by molar-refractivity contribution is -0.135. The number of hydrogen-bond donors (Lipinski definition) is 1. The highest BCUT2D eigenvalue weighted by Crippen LogP contribution is 2.41. The summed E-state index contributed by atoms with van der Waals surface area (Å²) in [6.45, 7) is 2.03. The van der Waals surface area contributed by atoms with Gasteiger partial charge in [-0.25, -0.2) is 0 Å². The summed E-state index contributed by atoms with van der Waals surface area (Å²) >= 11 is 1.63. The lowest BCUT2D eigenvalue weighted by Gasteiger charge is -2.30. The molecule has 1 aliphatic heterocycles. The smallest absolute Gasteiger partial charge is 0.234 e. The van der Waals surface area contributed by atoms with Crippen molar-refractivity contribution in [2.75, 3.05) is 0 Å². The Kier molecular flexibility index (Phi) is 3.40. The number of carbonyl (C=O) groups excluding carboxylic acids is 2. The van der Waals surface area contributed by atoms with Gasteiger partial charge in [-0.15, -0.1) is 11.3 Å². The Morgan fingerprint density at radius 1 is 1.15 bits per heavy atom. The third-order valence-electron chi connectivity index (χ3n) is 3.75. The Morgan fingerprint density at radius 2 is 1.90 bits per heavy atom. The van der Waals surface area contributed by atoms with E-state index in [1.807, 2.05) is 48.7 Å². The Balaban J connectivity index is 2.06. The summed E-state index contributed by atoms with van der Waals surface area (Å²) in [7, 11) is 0. The fourth-order valence-electron chi connectivity index (χ4n) is 2.82. The normalized spacial score (nSPS) is 22.6. The minimum atomic E-state index is -0.286. The van der Waals surface area contributed by atoms with Gasteiger partial charge in [0.2, 0.25) is 11.8 Å². The molecule has 102 valence electrons. The first-order valence-corrected chi connectivity index (χ1v) is 7.47. The number of rotatable bonds is 2. The molecule has 3 rings (SSSR count). The van der Waals surface area contributed by atoms with Crippen LogP contribution in [0.4, 0.5) is 0 Å². The van der Waals surface area contributed by atoms with Crippen LogP contribution >= 0.6 is 11.3 Å². The number of imide groups is 1. The zero-order valence-corrected chi connectivity index (χ0v) is 11.9. The molecule has 1 fully saturated rings. The highest BCUT2D eigenvalue weighted by Gasteiger charge is 2.38.